The molecule has 2 aromatic heterocycles. The Kier molecular flexibility index (Phi) is 6.11. The molecule has 31 heavy (non-hydrogen) atoms. The number of aliphatic hydroxyl groups excluding tert-OH is 1. The van der Waals surface area contributed by atoms with Crippen molar-refractivity contribution in [2.24, 2.45) is 7.05 Å². The molecule has 1 aliphatic rings. The van der Waals surface area contributed by atoms with Crippen LogP contribution in [-0.4, -0.2) is 51.1 Å². The van der Waals surface area contributed by atoms with E-state index in [-0.39, 0.29) is 24.0 Å². The minimum Gasteiger partial charge on any atom is -0.391 e. The van der Waals surface area contributed by atoms with Crippen LogP contribution in [0.3, 0.4) is 0 Å². The Balaban J connectivity index is 1.51. The minimum absolute atomic E-state index is 0.226. The van der Waals surface area contributed by atoms with E-state index in [1.807, 2.05) is 32.3 Å². The summed E-state index contributed by atoms with van der Waals surface area (Å²) in [5.41, 5.74) is 3.85. The molecule has 7 nitrogen and oxygen atoms in total. The highest BCUT2D eigenvalue weighted by atomic mass is 19.1. The molecule has 1 unspecified atom stereocenters. The van der Waals surface area contributed by atoms with Gasteiger partial charge < -0.3 is 15.2 Å². The number of hydrogen-bond acceptors (Lipinski definition) is 5. The molecule has 0 saturated carbocycles. The van der Waals surface area contributed by atoms with E-state index >= 15 is 0 Å². The third kappa shape index (κ3) is 4.81. The fourth-order valence-corrected chi connectivity index (χ4v) is 3.61. The molecule has 4 rings (SSSR count). The van der Waals surface area contributed by atoms with Gasteiger partial charge in [0.05, 0.1) is 24.4 Å². The molecule has 2 N–H and O–H groups in total. The van der Waals surface area contributed by atoms with Crippen molar-refractivity contribution in [3.05, 3.63) is 70.9 Å². The number of pyridine rings is 1. The molecule has 1 saturated heterocycles. The van der Waals surface area contributed by atoms with E-state index in [0.717, 1.165) is 11.1 Å². The van der Waals surface area contributed by atoms with Crippen molar-refractivity contribution < 1.29 is 19.0 Å². The molecule has 1 amide bonds. The number of carbonyl (C=O) groups is 1. The first-order valence-corrected chi connectivity index (χ1v) is 10.2. The fraction of sp³-hybridized carbons (Fsp3) is 0.348. The van der Waals surface area contributed by atoms with Crippen LogP contribution in [0.1, 0.15) is 33.6 Å². The number of rotatable bonds is 5. The second-order valence-electron chi connectivity index (χ2n) is 7.86. The summed E-state index contributed by atoms with van der Waals surface area (Å²) in [4.78, 5) is 16.8. The summed E-state index contributed by atoms with van der Waals surface area (Å²) in [6.45, 7) is 2.62. The SMILES string of the molecule is Cc1cnc(C(=O)NC2COCC[C@@H]2O)cc1Cc1ccc(-c2ccn(C)n2)cc1F. The van der Waals surface area contributed by atoms with E-state index in [0.29, 0.717) is 36.3 Å². The van der Waals surface area contributed by atoms with Crippen LogP contribution in [0.4, 0.5) is 4.39 Å². The van der Waals surface area contributed by atoms with Gasteiger partial charge in [-0.3, -0.25) is 14.5 Å². The summed E-state index contributed by atoms with van der Waals surface area (Å²) in [6, 6.07) is 8.11. The van der Waals surface area contributed by atoms with Gasteiger partial charge in [-0.1, -0.05) is 12.1 Å². The lowest BCUT2D eigenvalue weighted by Gasteiger charge is -2.28. The molecule has 2 atom stereocenters. The zero-order valence-corrected chi connectivity index (χ0v) is 17.5. The quantitative estimate of drug-likeness (QED) is 0.657. The van der Waals surface area contributed by atoms with Crippen molar-refractivity contribution in [3.8, 4) is 11.3 Å². The second-order valence-corrected chi connectivity index (χ2v) is 7.86. The summed E-state index contributed by atoms with van der Waals surface area (Å²) in [7, 11) is 1.82. The van der Waals surface area contributed by atoms with Crippen LogP contribution >= 0.6 is 0 Å². The number of hydrogen-bond donors (Lipinski definition) is 2. The van der Waals surface area contributed by atoms with Gasteiger partial charge in [0.2, 0.25) is 0 Å². The van der Waals surface area contributed by atoms with Gasteiger partial charge in [-0.15, -0.1) is 0 Å². The molecule has 0 spiro atoms. The number of ether oxygens (including phenoxy) is 1. The number of aliphatic hydroxyl groups is 1. The van der Waals surface area contributed by atoms with Gasteiger partial charge in [-0.2, -0.15) is 5.10 Å². The highest BCUT2D eigenvalue weighted by Gasteiger charge is 2.26. The van der Waals surface area contributed by atoms with E-state index in [1.54, 1.807) is 23.0 Å². The summed E-state index contributed by atoms with van der Waals surface area (Å²) in [5, 5.41) is 17.1. The first-order chi connectivity index (χ1) is 14.9. The number of halogens is 1. The van der Waals surface area contributed by atoms with Gasteiger partial charge in [0.1, 0.15) is 11.5 Å². The Hall–Kier alpha value is -3.10. The summed E-state index contributed by atoms with van der Waals surface area (Å²) in [6.07, 6.45) is 3.59. The molecule has 1 aromatic carbocycles. The first kappa shape index (κ1) is 21.1. The van der Waals surface area contributed by atoms with Crippen LogP contribution in [0.2, 0.25) is 0 Å². The van der Waals surface area contributed by atoms with Gasteiger partial charge in [-0.25, -0.2) is 4.39 Å². The van der Waals surface area contributed by atoms with Crippen LogP contribution in [0.25, 0.3) is 11.3 Å². The molecule has 1 aliphatic heterocycles. The number of amides is 1. The number of aryl methyl sites for hydroxylation is 2. The second kappa shape index (κ2) is 8.95. The Morgan fingerprint density at radius 2 is 2.16 bits per heavy atom. The highest BCUT2D eigenvalue weighted by Crippen LogP contribution is 2.23. The van der Waals surface area contributed by atoms with Crippen molar-refractivity contribution in [3.63, 3.8) is 0 Å². The highest BCUT2D eigenvalue weighted by molar-refractivity contribution is 5.92. The average molecular weight is 424 g/mol. The zero-order valence-electron chi connectivity index (χ0n) is 17.5. The van der Waals surface area contributed by atoms with Gasteiger partial charge >= 0.3 is 0 Å². The topological polar surface area (TPSA) is 89.3 Å². The van der Waals surface area contributed by atoms with Crippen LogP contribution in [0.15, 0.2) is 42.7 Å². The van der Waals surface area contributed by atoms with Crippen LogP contribution in [-0.2, 0) is 18.2 Å². The standard InChI is InChI=1S/C23H25FN4O3/c1-14-12-25-20(23(30)26-21-13-31-8-6-22(21)29)11-17(14)9-15-3-4-16(10-18(15)24)19-5-7-28(2)27-19/h3-5,7,10-12,21-22,29H,6,8-9,13H2,1-2H3,(H,26,30)/t21?,22-/m0/s1. The van der Waals surface area contributed by atoms with Crippen LogP contribution < -0.4 is 5.32 Å². The first-order valence-electron chi connectivity index (χ1n) is 10.2. The molecule has 3 aromatic rings. The maximum absolute atomic E-state index is 14.8. The Labute approximate surface area is 179 Å². The van der Waals surface area contributed by atoms with Crippen molar-refractivity contribution in [2.45, 2.75) is 31.9 Å². The van der Waals surface area contributed by atoms with E-state index in [2.05, 4.69) is 15.4 Å². The summed E-state index contributed by atoms with van der Waals surface area (Å²) >= 11 is 0. The van der Waals surface area contributed by atoms with Crippen molar-refractivity contribution in [1.82, 2.24) is 20.1 Å². The summed E-state index contributed by atoms with van der Waals surface area (Å²) < 4.78 is 21.8. The van der Waals surface area contributed by atoms with Crippen LogP contribution in [0.5, 0.6) is 0 Å². The zero-order chi connectivity index (χ0) is 22.0. The largest absolute Gasteiger partial charge is 0.391 e. The third-order valence-electron chi connectivity index (χ3n) is 5.53. The van der Waals surface area contributed by atoms with E-state index in [1.165, 1.54) is 6.07 Å². The maximum Gasteiger partial charge on any atom is 0.270 e. The Bertz CT molecular complexity index is 1100. The van der Waals surface area contributed by atoms with Gasteiger partial charge in [0.15, 0.2) is 0 Å². The lowest BCUT2D eigenvalue weighted by molar-refractivity contribution is -0.0140. The van der Waals surface area contributed by atoms with E-state index < -0.39 is 12.1 Å². The number of carbonyl (C=O) groups excluding carboxylic acids is 1. The monoisotopic (exact) mass is 424 g/mol. The molecular weight excluding hydrogens is 399 g/mol. The molecule has 0 radical (unpaired) electrons. The van der Waals surface area contributed by atoms with Gasteiger partial charge in [0.25, 0.3) is 5.91 Å². The Morgan fingerprint density at radius 1 is 1.32 bits per heavy atom. The maximum atomic E-state index is 14.8. The van der Waals surface area contributed by atoms with Crippen molar-refractivity contribution in [1.29, 1.82) is 0 Å². The molecular formula is C23H25FN4O3. The van der Waals surface area contributed by atoms with Crippen molar-refractivity contribution in [2.75, 3.05) is 13.2 Å². The van der Waals surface area contributed by atoms with Crippen LogP contribution in [0, 0.1) is 12.7 Å². The third-order valence-corrected chi connectivity index (χ3v) is 5.53. The summed E-state index contributed by atoms with van der Waals surface area (Å²) in [5.74, 6) is -0.713. The predicted octanol–water partition coefficient (Wildman–Crippen LogP) is 2.40. The number of nitrogens with zero attached hydrogens (tertiary/aromatic N) is 3. The van der Waals surface area contributed by atoms with Crippen molar-refractivity contribution >= 4 is 5.91 Å². The van der Waals surface area contributed by atoms with E-state index in [9.17, 15) is 14.3 Å². The number of benzene rings is 1. The van der Waals surface area contributed by atoms with E-state index in [4.69, 9.17) is 4.74 Å². The minimum atomic E-state index is -0.644. The molecule has 0 bridgehead atoms. The van der Waals surface area contributed by atoms with Gasteiger partial charge in [0, 0.05) is 38.0 Å². The molecule has 8 heteroatoms. The average Bonchev–Trinajstić information content (AvgIpc) is 3.19. The molecule has 162 valence electrons. The lowest BCUT2D eigenvalue weighted by Crippen LogP contribution is -2.49. The molecule has 1 fully saturated rings. The van der Waals surface area contributed by atoms with Gasteiger partial charge in [-0.05, 0) is 48.2 Å². The Morgan fingerprint density at radius 3 is 2.87 bits per heavy atom. The lowest BCUT2D eigenvalue weighted by atomic mass is 9.99. The molecule has 3 heterocycles. The molecule has 0 aliphatic carbocycles. The number of nitrogens with one attached hydrogen (secondary N) is 1. The smallest absolute Gasteiger partial charge is 0.270 e. The normalized spacial score (nSPS) is 18.7. The fourth-order valence-electron chi connectivity index (χ4n) is 3.61. The predicted molar refractivity (Wildman–Crippen MR) is 113 cm³/mol. The number of aromatic nitrogens is 3.